The third-order valence-electron chi connectivity index (χ3n) is 1.90. The molecule has 0 heterocycles. The van der Waals surface area contributed by atoms with Gasteiger partial charge in [0.05, 0.1) is 0 Å². The van der Waals surface area contributed by atoms with Gasteiger partial charge in [0.2, 0.25) is 0 Å². The normalized spacial score (nSPS) is 25.8. The van der Waals surface area contributed by atoms with Gasteiger partial charge in [-0.1, -0.05) is 30.7 Å². The molecule has 0 aliphatic heterocycles. The zero-order valence-electron chi connectivity index (χ0n) is 6.51. The van der Waals surface area contributed by atoms with Gasteiger partial charge in [-0.25, -0.2) is 0 Å². The minimum atomic E-state index is 0.254. The standard InChI is InChI=1S/C9H15N/c1-2-8-4-3-5-9(10)7-6-8/h3,5-6,9H,2,4,7,10H2,1H3. The first-order valence-electron chi connectivity index (χ1n) is 3.93. The van der Waals surface area contributed by atoms with Crippen molar-refractivity contribution in [3.05, 3.63) is 23.8 Å². The summed E-state index contributed by atoms with van der Waals surface area (Å²) in [7, 11) is 0. The molecule has 0 aromatic rings. The van der Waals surface area contributed by atoms with Gasteiger partial charge in [0.15, 0.2) is 0 Å². The first kappa shape index (κ1) is 7.55. The van der Waals surface area contributed by atoms with Crippen LogP contribution >= 0.6 is 0 Å². The predicted octanol–water partition coefficient (Wildman–Crippen LogP) is 2.00. The molecule has 10 heavy (non-hydrogen) atoms. The molecule has 1 unspecified atom stereocenters. The van der Waals surface area contributed by atoms with Crippen LogP contribution in [0.1, 0.15) is 26.2 Å². The third-order valence-corrected chi connectivity index (χ3v) is 1.90. The van der Waals surface area contributed by atoms with E-state index in [9.17, 15) is 0 Å². The van der Waals surface area contributed by atoms with Crippen molar-refractivity contribution in [2.75, 3.05) is 0 Å². The summed E-state index contributed by atoms with van der Waals surface area (Å²) < 4.78 is 0. The Morgan fingerprint density at radius 1 is 1.70 bits per heavy atom. The van der Waals surface area contributed by atoms with Crippen molar-refractivity contribution in [1.29, 1.82) is 0 Å². The molecule has 0 saturated carbocycles. The van der Waals surface area contributed by atoms with Crippen molar-refractivity contribution >= 4 is 0 Å². The van der Waals surface area contributed by atoms with Crippen molar-refractivity contribution in [3.63, 3.8) is 0 Å². The van der Waals surface area contributed by atoms with Gasteiger partial charge in [0.1, 0.15) is 0 Å². The Hall–Kier alpha value is -0.560. The minimum absolute atomic E-state index is 0.254. The van der Waals surface area contributed by atoms with Crippen LogP contribution in [0, 0.1) is 0 Å². The lowest BCUT2D eigenvalue weighted by Crippen LogP contribution is -2.14. The number of allylic oxidation sites excluding steroid dienone is 2. The zero-order chi connectivity index (χ0) is 7.40. The Kier molecular flexibility index (Phi) is 2.69. The van der Waals surface area contributed by atoms with Crippen LogP contribution in [0.15, 0.2) is 23.8 Å². The van der Waals surface area contributed by atoms with E-state index in [-0.39, 0.29) is 6.04 Å². The fourth-order valence-electron chi connectivity index (χ4n) is 1.15. The summed E-state index contributed by atoms with van der Waals surface area (Å²) in [5.41, 5.74) is 7.24. The largest absolute Gasteiger partial charge is 0.324 e. The first-order valence-corrected chi connectivity index (χ1v) is 3.93. The number of hydrogen-bond donors (Lipinski definition) is 1. The molecule has 0 spiro atoms. The van der Waals surface area contributed by atoms with Crippen LogP contribution in [0.3, 0.4) is 0 Å². The summed E-state index contributed by atoms with van der Waals surface area (Å²) in [6.07, 6.45) is 9.82. The summed E-state index contributed by atoms with van der Waals surface area (Å²) in [5.74, 6) is 0. The second-order valence-electron chi connectivity index (χ2n) is 2.75. The number of rotatable bonds is 1. The summed E-state index contributed by atoms with van der Waals surface area (Å²) >= 11 is 0. The van der Waals surface area contributed by atoms with E-state index in [2.05, 4.69) is 25.2 Å². The van der Waals surface area contributed by atoms with Crippen LogP contribution < -0.4 is 5.73 Å². The Morgan fingerprint density at radius 2 is 2.50 bits per heavy atom. The molecular formula is C9H15N. The molecule has 56 valence electrons. The van der Waals surface area contributed by atoms with E-state index in [1.165, 1.54) is 5.57 Å². The maximum absolute atomic E-state index is 5.72. The molecule has 1 nitrogen and oxygen atoms in total. The van der Waals surface area contributed by atoms with E-state index in [0.717, 1.165) is 19.3 Å². The highest BCUT2D eigenvalue weighted by Crippen LogP contribution is 2.13. The van der Waals surface area contributed by atoms with E-state index in [0.29, 0.717) is 0 Å². The van der Waals surface area contributed by atoms with Crippen LogP contribution in [0.4, 0.5) is 0 Å². The minimum Gasteiger partial charge on any atom is -0.324 e. The van der Waals surface area contributed by atoms with Crippen molar-refractivity contribution < 1.29 is 0 Å². The molecule has 0 aromatic carbocycles. The lowest BCUT2D eigenvalue weighted by atomic mass is 10.1. The lowest BCUT2D eigenvalue weighted by Gasteiger charge is -1.98. The molecule has 2 N–H and O–H groups in total. The molecule has 1 aliphatic rings. The van der Waals surface area contributed by atoms with Gasteiger partial charge in [-0.3, -0.25) is 0 Å². The lowest BCUT2D eigenvalue weighted by molar-refractivity contribution is 0.833. The Morgan fingerprint density at radius 3 is 3.20 bits per heavy atom. The van der Waals surface area contributed by atoms with E-state index < -0.39 is 0 Å². The molecule has 0 fully saturated rings. The fourth-order valence-corrected chi connectivity index (χ4v) is 1.15. The van der Waals surface area contributed by atoms with E-state index in [1.54, 1.807) is 0 Å². The van der Waals surface area contributed by atoms with Gasteiger partial charge in [-0.05, 0) is 19.3 Å². The average molecular weight is 137 g/mol. The van der Waals surface area contributed by atoms with Gasteiger partial charge in [0.25, 0.3) is 0 Å². The fraction of sp³-hybridized carbons (Fsp3) is 0.556. The van der Waals surface area contributed by atoms with Crippen LogP contribution in [0.5, 0.6) is 0 Å². The number of hydrogen-bond acceptors (Lipinski definition) is 1. The summed E-state index contributed by atoms with van der Waals surface area (Å²) in [5, 5.41) is 0. The van der Waals surface area contributed by atoms with E-state index in [1.807, 2.05) is 0 Å². The molecular weight excluding hydrogens is 122 g/mol. The van der Waals surface area contributed by atoms with E-state index in [4.69, 9.17) is 5.73 Å². The topological polar surface area (TPSA) is 26.0 Å². The molecule has 1 atom stereocenters. The highest BCUT2D eigenvalue weighted by atomic mass is 14.6. The molecule has 0 radical (unpaired) electrons. The van der Waals surface area contributed by atoms with Crippen molar-refractivity contribution in [3.8, 4) is 0 Å². The third kappa shape index (κ3) is 1.99. The molecule has 0 saturated heterocycles. The van der Waals surface area contributed by atoms with Gasteiger partial charge in [-0.15, -0.1) is 0 Å². The molecule has 1 heteroatoms. The predicted molar refractivity (Wildman–Crippen MR) is 44.7 cm³/mol. The quantitative estimate of drug-likeness (QED) is 0.550. The molecule has 0 bridgehead atoms. The van der Waals surface area contributed by atoms with Crippen molar-refractivity contribution in [2.24, 2.45) is 5.73 Å². The number of nitrogens with two attached hydrogens (primary N) is 1. The Balaban J connectivity index is 2.55. The van der Waals surface area contributed by atoms with Crippen LogP contribution in [-0.2, 0) is 0 Å². The Labute approximate surface area is 62.6 Å². The molecule has 0 amide bonds. The average Bonchev–Trinajstić information content (AvgIpc) is 2.14. The van der Waals surface area contributed by atoms with Gasteiger partial charge < -0.3 is 5.73 Å². The zero-order valence-corrected chi connectivity index (χ0v) is 6.51. The molecule has 1 rings (SSSR count). The second-order valence-corrected chi connectivity index (χ2v) is 2.75. The van der Waals surface area contributed by atoms with Crippen LogP contribution in [-0.4, -0.2) is 6.04 Å². The maximum atomic E-state index is 5.72. The van der Waals surface area contributed by atoms with Crippen LogP contribution in [0.25, 0.3) is 0 Å². The highest BCUT2D eigenvalue weighted by molar-refractivity contribution is 5.13. The molecule has 0 aromatic heterocycles. The van der Waals surface area contributed by atoms with Gasteiger partial charge in [-0.2, -0.15) is 0 Å². The maximum Gasteiger partial charge on any atom is 0.0258 e. The van der Waals surface area contributed by atoms with Gasteiger partial charge >= 0.3 is 0 Å². The summed E-state index contributed by atoms with van der Waals surface area (Å²) in [6.45, 7) is 2.19. The van der Waals surface area contributed by atoms with Crippen molar-refractivity contribution in [1.82, 2.24) is 0 Å². The molecule has 1 aliphatic carbocycles. The second kappa shape index (κ2) is 3.57. The smallest absolute Gasteiger partial charge is 0.0258 e. The van der Waals surface area contributed by atoms with Crippen LogP contribution in [0.2, 0.25) is 0 Å². The first-order chi connectivity index (χ1) is 4.83. The Bertz CT molecular complexity index is 156. The van der Waals surface area contributed by atoms with Gasteiger partial charge in [0, 0.05) is 6.04 Å². The summed E-state index contributed by atoms with van der Waals surface area (Å²) in [4.78, 5) is 0. The van der Waals surface area contributed by atoms with Crippen molar-refractivity contribution in [2.45, 2.75) is 32.2 Å². The summed E-state index contributed by atoms with van der Waals surface area (Å²) in [6, 6.07) is 0.254. The highest BCUT2D eigenvalue weighted by Gasteiger charge is 2.00. The SMILES string of the molecule is CCC1=CCC(N)C=CC1. The monoisotopic (exact) mass is 137 g/mol. The van der Waals surface area contributed by atoms with E-state index >= 15 is 0 Å².